The largest absolute Gasteiger partial charge is 0.481 e. The molecule has 0 unspecified atom stereocenters. The molecule has 3 aromatic carbocycles. The molecule has 4 aromatic rings. The van der Waals surface area contributed by atoms with Gasteiger partial charge in [-0.1, -0.05) is 48.2 Å². The number of carboxylic acid groups (broad SMARTS) is 1. The van der Waals surface area contributed by atoms with Crippen LogP contribution in [0.5, 0.6) is 0 Å². The van der Waals surface area contributed by atoms with Gasteiger partial charge in [-0.2, -0.15) is 0 Å². The zero-order valence-corrected chi connectivity index (χ0v) is 16.3. The molecule has 29 heavy (non-hydrogen) atoms. The van der Waals surface area contributed by atoms with Gasteiger partial charge in [0.25, 0.3) is 5.69 Å². The molecule has 0 amide bonds. The van der Waals surface area contributed by atoms with Gasteiger partial charge in [0.15, 0.2) is 12.9 Å². The van der Waals surface area contributed by atoms with Crippen LogP contribution in [0.2, 0.25) is 0 Å². The lowest BCUT2D eigenvalue weighted by atomic mass is 9.99. The number of thioether (sulfide) groups is 1. The average molecular weight is 405 g/mol. The van der Waals surface area contributed by atoms with Gasteiger partial charge in [-0.3, -0.25) is 9.89 Å². The Balaban J connectivity index is 1.76. The number of benzene rings is 3. The summed E-state index contributed by atoms with van der Waals surface area (Å²) in [5.41, 5.74) is 3.04. The Kier molecular flexibility index (Phi) is 5.09. The molecule has 0 aliphatic rings. The molecule has 7 nitrogen and oxygen atoms in total. The predicted octanol–water partition coefficient (Wildman–Crippen LogP) is 4.51. The molecule has 0 bridgehead atoms. The van der Waals surface area contributed by atoms with Crippen molar-refractivity contribution in [1.29, 1.82) is 0 Å². The molecule has 8 heteroatoms. The summed E-state index contributed by atoms with van der Waals surface area (Å²) in [6.45, 7) is 0. The lowest BCUT2D eigenvalue weighted by Gasteiger charge is -2.06. The van der Waals surface area contributed by atoms with Crippen LogP contribution in [0.3, 0.4) is 0 Å². The molecule has 4 rings (SSSR count). The fourth-order valence-corrected chi connectivity index (χ4v) is 3.55. The van der Waals surface area contributed by atoms with Gasteiger partial charge in [0.05, 0.1) is 5.75 Å². The van der Waals surface area contributed by atoms with Gasteiger partial charge in [0.1, 0.15) is 0 Å². The maximum atomic E-state index is 12.0. The van der Waals surface area contributed by atoms with Crippen molar-refractivity contribution in [3.63, 3.8) is 0 Å². The van der Waals surface area contributed by atoms with E-state index in [9.17, 15) is 9.70 Å². The van der Waals surface area contributed by atoms with Crippen molar-refractivity contribution in [2.24, 2.45) is 0 Å². The Morgan fingerprint density at radius 1 is 1.03 bits per heavy atom. The molecule has 2 N–H and O–H groups in total. The summed E-state index contributed by atoms with van der Waals surface area (Å²) in [5.74, 6) is -0.582. The van der Waals surface area contributed by atoms with Gasteiger partial charge in [-0.05, 0) is 34.0 Å². The number of carbonyl (C=O) groups is 1. The molecule has 0 radical (unpaired) electrons. The fraction of sp³-hybridized carbons (Fsp3) is 0.0952. The predicted molar refractivity (Wildman–Crippen MR) is 112 cm³/mol. The van der Waals surface area contributed by atoms with E-state index < -0.39 is 5.97 Å². The third-order valence-electron chi connectivity index (χ3n) is 4.43. The minimum Gasteiger partial charge on any atom is -0.481 e. The van der Waals surface area contributed by atoms with Crippen LogP contribution in [0.1, 0.15) is 0 Å². The number of nitroso groups, excluding NO2 is 1. The van der Waals surface area contributed by atoms with Crippen molar-refractivity contribution in [2.45, 2.75) is 5.16 Å². The van der Waals surface area contributed by atoms with E-state index in [1.807, 2.05) is 42.5 Å². The van der Waals surface area contributed by atoms with Gasteiger partial charge in [0.2, 0.25) is 5.16 Å². The number of aromatic amines is 1. The van der Waals surface area contributed by atoms with Gasteiger partial charge >= 0.3 is 5.97 Å². The van der Waals surface area contributed by atoms with E-state index >= 15 is 0 Å². The SMILES string of the molecule is C[N+](=O)c1cc(-c2ccc3ccccc3c2)cc(-c2nc(SCC(=O)O)n[nH]2)c1. The van der Waals surface area contributed by atoms with Crippen LogP contribution in [0.25, 0.3) is 33.3 Å². The smallest absolute Gasteiger partial charge is 0.313 e. The number of rotatable bonds is 6. The summed E-state index contributed by atoms with van der Waals surface area (Å²) in [4.78, 5) is 27.1. The molecule has 0 fully saturated rings. The maximum absolute atomic E-state index is 12.0. The van der Waals surface area contributed by atoms with Gasteiger partial charge in [-0.25, -0.2) is 4.98 Å². The van der Waals surface area contributed by atoms with Crippen molar-refractivity contribution in [1.82, 2.24) is 15.2 Å². The first-order chi connectivity index (χ1) is 14.0. The first-order valence-electron chi connectivity index (χ1n) is 8.82. The summed E-state index contributed by atoms with van der Waals surface area (Å²) in [6, 6.07) is 19.7. The molecule has 1 heterocycles. The van der Waals surface area contributed by atoms with Crippen molar-refractivity contribution in [3.8, 4) is 22.5 Å². The lowest BCUT2D eigenvalue weighted by molar-refractivity contribution is -0.428. The Morgan fingerprint density at radius 2 is 1.79 bits per heavy atom. The van der Waals surface area contributed by atoms with Crippen molar-refractivity contribution in [3.05, 3.63) is 65.6 Å². The summed E-state index contributed by atoms with van der Waals surface area (Å²) in [5, 5.41) is 18.3. The van der Waals surface area contributed by atoms with Crippen LogP contribution in [0.15, 0.2) is 65.8 Å². The zero-order valence-electron chi connectivity index (χ0n) is 15.5. The first-order valence-corrected chi connectivity index (χ1v) is 9.80. The van der Waals surface area contributed by atoms with E-state index in [2.05, 4.69) is 27.3 Å². The second-order valence-corrected chi connectivity index (χ2v) is 7.42. The quantitative estimate of drug-likeness (QED) is 0.362. The van der Waals surface area contributed by atoms with Crippen LogP contribution in [0, 0.1) is 4.91 Å². The average Bonchev–Trinajstić information content (AvgIpc) is 3.20. The van der Waals surface area contributed by atoms with E-state index in [0.29, 0.717) is 22.2 Å². The highest BCUT2D eigenvalue weighted by Crippen LogP contribution is 2.32. The standard InChI is InChI=1S/C21H16N4O3S/c1-25(28)18-10-16(15-7-6-13-4-2-3-5-14(13)8-15)9-17(11-18)20-22-21(24-23-20)29-12-19(26)27/h2-11H,12H2,1H3,(H-,22,23,24,26,27)/p+1. The second-order valence-electron chi connectivity index (χ2n) is 6.48. The number of aromatic nitrogens is 3. The number of aliphatic carboxylic acids is 1. The minimum atomic E-state index is -0.935. The maximum Gasteiger partial charge on any atom is 0.313 e. The van der Waals surface area contributed by atoms with E-state index in [4.69, 9.17) is 5.11 Å². The summed E-state index contributed by atoms with van der Waals surface area (Å²) in [7, 11) is 1.44. The molecule has 0 atom stereocenters. The Bertz CT molecular complexity index is 1240. The van der Waals surface area contributed by atoms with Crippen LogP contribution in [0.4, 0.5) is 5.69 Å². The van der Waals surface area contributed by atoms with Gasteiger partial charge in [-0.15, -0.1) is 5.10 Å². The number of nitrogens with one attached hydrogen (secondary N) is 1. The minimum absolute atomic E-state index is 0.122. The first kappa shape index (κ1) is 18.8. The van der Waals surface area contributed by atoms with Crippen LogP contribution >= 0.6 is 11.8 Å². The molecule has 0 saturated carbocycles. The molecule has 144 valence electrons. The van der Waals surface area contributed by atoms with Gasteiger partial charge < -0.3 is 5.11 Å². The van der Waals surface area contributed by atoms with E-state index in [-0.39, 0.29) is 5.75 Å². The van der Waals surface area contributed by atoms with Crippen molar-refractivity contribution in [2.75, 3.05) is 12.8 Å². The van der Waals surface area contributed by atoms with Crippen LogP contribution < -0.4 is 0 Å². The molecule has 0 saturated heterocycles. The number of fused-ring (bicyclic) bond motifs is 1. The van der Waals surface area contributed by atoms with E-state index in [1.165, 1.54) is 7.05 Å². The molecular weight excluding hydrogens is 388 g/mol. The van der Waals surface area contributed by atoms with E-state index in [1.54, 1.807) is 6.07 Å². The Hall–Kier alpha value is -3.52. The highest BCUT2D eigenvalue weighted by atomic mass is 32.2. The Labute approximate surface area is 170 Å². The summed E-state index contributed by atoms with van der Waals surface area (Å²) < 4.78 is 0.796. The highest BCUT2D eigenvalue weighted by Gasteiger charge is 2.16. The van der Waals surface area contributed by atoms with Crippen LogP contribution in [-0.4, -0.2) is 43.8 Å². The number of carboxylic acids is 1. The molecular formula is C21H17N4O3S+. The second kappa shape index (κ2) is 7.84. The third kappa shape index (κ3) is 4.17. The number of hydrogen-bond donors (Lipinski definition) is 2. The number of hydrogen-bond acceptors (Lipinski definition) is 5. The third-order valence-corrected chi connectivity index (χ3v) is 5.26. The molecule has 0 spiro atoms. The fourth-order valence-electron chi connectivity index (χ4n) is 3.03. The summed E-state index contributed by atoms with van der Waals surface area (Å²) in [6.07, 6.45) is 0. The van der Waals surface area contributed by atoms with Gasteiger partial charge in [0, 0.05) is 27.4 Å². The Morgan fingerprint density at radius 3 is 2.55 bits per heavy atom. The van der Waals surface area contributed by atoms with Crippen molar-refractivity contribution >= 4 is 34.2 Å². The zero-order chi connectivity index (χ0) is 20.4. The molecule has 0 aliphatic heterocycles. The van der Waals surface area contributed by atoms with Crippen LogP contribution in [-0.2, 0) is 4.79 Å². The molecule has 1 aromatic heterocycles. The molecule has 0 aliphatic carbocycles. The number of H-pyrrole nitrogens is 1. The highest BCUT2D eigenvalue weighted by molar-refractivity contribution is 7.99. The van der Waals surface area contributed by atoms with E-state index in [0.717, 1.165) is 38.4 Å². The number of nitrogens with zero attached hydrogens (tertiary/aromatic N) is 3. The summed E-state index contributed by atoms with van der Waals surface area (Å²) >= 11 is 1.03. The monoisotopic (exact) mass is 405 g/mol. The normalized spacial score (nSPS) is 10.9. The topological polar surface area (TPSA) is 98.9 Å². The van der Waals surface area contributed by atoms with Crippen molar-refractivity contribution < 1.29 is 14.7 Å². The lowest BCUT2D eigenvalue weighted by Crippen LogP contribution is -1.97.